The van der Waals surface area contributed by atoms with E-state index >= 15 is 0 Å². The normalized spacial score (nSPS) is 14.7. The lowest BCUT2D eigenvalue weighted by Gasteiger charge is -2.19. The number of halogens is 1. The third kappa shape index (κ3) is 6.63. The largest absolute Gasteiger partial charge is 0.307 e. The average Bonchev–Trinajstić information content (AvgIpc) is 2.24. The molecule has 0 rings (SSSR count). The third-order valence-electron chi connectivity index (χ3n) is 2.51. The zero-order valence-corrected chi connectivity index (χ0v) is 10.5. The van der Waals surface area contributed by atoms with Crippen molar-refractivity contribution in [1.82, 2.24) is 10.2 Å². The van der Waals surface area contributed by atoms with Gasteiger partial charge in [0.1, 0.15) is 5.83 Å². The summed E-state index contributed by atoms with van der Waals surface area (Å²) in [5.74, 6) is -0.0457. The Morgan fingerprint density at radius 3 is 2.53 bits per heavy atom. The van der Waals surface area contributed by atoms with E-state index in [1.54, 1.807) is 6.92 Å². The lowest BCUT2D eigenvalue weighted by atomic mass is 10.2. The van der Waals surface area contributed by atoms with Crippen molar-refractivity contribution in [3.05, 3.63) is 11.9 Å². The first-order chi connectivity index (χ1) is 7.15. The first kappa shape index (κ1) is 14.6. The summed E-state index contributed by atoms with van der Waals surface area (Å²) in [5, 5.41) is 3.22. The Balaban J connectivity index is 3.72. The van der Waals surface area contributed by atoms with Crippen molar-refractivity contribution in [3.8, 4) is 0 Å². The Kier molecular flexibility index (Phi) is 8.62. The Hall–Kier alpha value is -0.410. The van der Waals surface area contributed by atoms with Gasteiger partial charge in [-0.25, -0.2) is 4.39 Å². The van der Waals surface area contributed by atoms with Crippen LogP contribution in [-0.2, 0) is 0 Å². The van der Waals surface area contributed by atoms with Crippen LogP contribution in [0.3, 0.4) is 0 Å². The average molecular weight is 216 g/mol. The van der Waals surface area contributed by atoms with E-state index in [9.17, 15) is 4.39 Å². The Morgan fingerprint density at radius 1 is 1.40 bits per heavy atom. The summed E-state index contributed by atoms with van der Waals surface area (Å²) >= 11 is 0. The van der Waals surface area contributed by atoms with Gasteiger partial charge in [0, 0.05) is 13.1 Å². The Bertz CT molecular complexity index is 180. The molecular formula is C12H25FN2. The number of nitrogens with one attached hydrogen (secondary N) is 1. The minimum Gasteiger partial charge on any atom is -0.307 e. The highest BCUT2D eigenvalue weighted by atomic mass is 19.1. The van der Waals surface area contributed by atoms with Crippen molar-refractivity contribution < 1.29 is 4.39 Å². The topological polar surface area (TPSA) is 15.3 Å². The number of allylic oxidation sites excluding steroid dienone is 1. The second-order valence-corrected chi connectivity index (χ2v) is 3.89. The molecule has 0 aromatic rings. The lowest BCUT2D eigenvalue weighted by Crippen LogP contribution is -2.36. The summed E-state index contributed by atoms with van der Waals surface area (Å²) < 4.78 is 13.3. The summed E-state index contributed by atoms with van der Waals surface area (Å²) in [6, 6.07) is -0.106. The van der Waals surface area contributed by atoms with E-state index in [4.69, 9.17) is 0 Å². The molecule has 0 radical (unpaired) electrons. The van der Waals surface area contributed by atoms with Crippen molar-refractivity contribution in [2.75, 3.05) is 26.7 Å². The molecule has 1 N–H and O–H groups in total. The fourth-order valence-corrected chi connectivity index (χ4v) is 1.56. The molecular weight excluding hydrogens is 191 g/mol. The van der Waals surface area contributed by atoms with E-state index in [-0.39, 0.29) is 11.9 Å². The summed E-state index contributed by atoms with van der Waals surface area (Å²) in [6.07, 6.45) is 3.50. The molecule has 1 atom stereocenters. The predicted molar refractivity (Wildman–Crippen MR) is 64.7 cm³/mol. The number of likely N-dealkylation sites (N-methyl/N-ethyl adjacent to an activating group) is 1. The van der Waals surface area contributed by atoms with Crippen LogP contribution in [0.25, 0.3) is 0 Å². The summed E-state index contributed by atoms with van der Waals surface area (Å²) in [4.78, 5) is 2.26. The van der Waals surface area contributed by atoms with Gasteiger partial charge in [0.25, 0.3) is 0 Å². The van der Waals surface area contributed by atoms with Gasteiger partial charge in [0.15, 0.2) is 0 Å². The third-order valence-corrected chi connectivity index (χ3v) is 2.51. The van der Waals surface area contributed by atoms with E-state index < -0.39 is 0 Å². The van der Waals surface area contributed by atoms with Crippen LogP contribution >= 0.6 is 0 Å². The van der Waals surface area contributed by atoms with E-state index in [1.165, 1.54) is 6.08 Å². The number of nitrogens with zero attached hydrogens (tertiary/aromatic N) is 1. The van der Waals surface area contributed by atoms with Gasteiger partial charge in [-0.1, -0.05) is 19.9 Å². The second-order valence-electron chi connectivity index (χ2n) is 3.89. The molecule has 0 heterocycles. The van der Waals surface area contributed by atoms with Crippen LogP contribution in [0.5, 0.6) is 0 Å². The van der Waals surface area contributed by atoms with E-state index in [2.05, 4.69) is 24.2 Å². The predicted octanol–water partition coefficient (Wildman–Crippen LogP) is 2.57. The smallest absolute Gasteiger partial charge is 0.113 e. The molecule has 3 heteroatoms. The molecule has 0 amide bonds. The lowest BCUT2D eigenvalue weighted by molar-refractivity contribution is 0.321. The summed E-state index contributed by atoms with van der Waals surface area (Å²) in [7, 11) is 2.10. The summed E-state index contributed by atoms with van der Waals surface area (Å²) in [5.41, 5.74) is 0. The zero-order chi connectivity index (χ0) is 11.7. The Labute approximate surface area is 93.5 Å². The highest BCUT2D eigenvalue weighted by molar-refractivity contribution is 4.99. The van der Waals surface area contributed by atoms with Gasteiger partial charge in [-0.05, 0) is 33.4 Å². The molecule has 1 unspecified atom stereocenters. The second kappa shape index (κ2) is 8.86. The van der Waals surface area contributed by atoms with Gasteiger partial charge in [0.2, 0.25) is 0 Å². The van der Waals surface area contributed by atoms with Gasteiger partial charge < -0.3 is 10.2 Å². The highest BCUT2D eigenvalue weighted by Crippen LogP contribution is 2.06. The molecule has 0 aliphatic heterocycles. The molecule has 0 aromatic carbocycles. The Morgan fingerprint density at radius 2 is 2.07 bits per heavy atom. The first-order valence-electron chi connectivity index (χ1n) is 5.89. The van der Waals surface area contributed by atoms with Gasteiger partial charge in [-0.2, -0.15) is 0 Å². The maximum Gasteiger partial charge on any atom is 0.113 e. The molecule has 0 saturated heterocycles. The molecule has 15 heavy (non-hydrogen) atoms. The quantitative estimate of drug-likeness (QED) is 0.671. The molecule has 0 fully saturated rings. The van der Waals surface area contributed by atoms with Crippen molar-refractivity contribution in [1.29, 1.82) is 0 Å². The maximum atomic E-state index is 13.3. The van der Waals surface area contributed by atoms with Crippen molar-refractivity contribution >= 4 is 0 Å². The SMILES string of the molecule is C/C=C(/F)C(CC)NCCN(C)CCC. The maximum absolute atomic E-state index is 13.3. The monoisotopic (exact) mass is 216 g/mol. The summed E-state index contributed by atoms with van der Waals surface area (Å²) in [6.45, 7) is 8.82. The molecule has 0 aliphatic carbocycles. The van der Waals surface area contributed by atoms with Gasteiger partial charge >= 0.3 is 0 Å². The molecule has 0 aliphatic rings. The molecule has 90 valence electrons. The molecule has 0 bridgehead atoms. The fraction of sp³-hybridized carbons (Fsp3) is 0.833. The molecule has 0 spiro atoms. The number of rotatable bonds is 8. The van der Waals surface area contributed by atoms with Gasteiger partial charge in [0.05, 0.1) is 6.04 Å². The molecule has 0 aromatic heterocycles. The fourth-order valence-electron chi connectivity index (χ4n) is 1.56. The minimum absolute atomic E-state index is 0.0457. The van der Waals surface area contributed by atoms with Crippen molar-refractivity contribution in [3.63, 3.8) is 0 Å². The molecule has 2 nitrogen and oxygen atoms in total. The van der Waals surface area contributed by atoms with E-state index in [0.717, 1.165) is 32.5 Å². The van der Waals surface area contributed by atoms with Gasteiger partial charge in [-0.3, -0.25) is 0 Å². The van der Waals surface area contributed by atoms with E-state index in [1.807, 2.05) is 6.92 Å². The van der Waals surface area contributed by atoms with E-state index in [0.29, 0.717) is 0 Å². The van der Waals surface area contributed by atoms with Crippen LogP contribution in [0.4, 0.5) is 4.39 Å². The zero-order valence-electron chi connectivity index (χ0n) is 10.5. The van der Waals surface area contributed by atoms with Crippen LogP contribution < -0.4 is 5.32 Å². The highest BCUT2D eigenvalue weighted by Gasteiger charge is 2.09. The standard InChI is InChI=1S/C12H25FN2/c1-5-9-15(4)10-8-14-12(7-3)11(13)6-2/h6,12,14H,5,7-10H2,1-4H3/b11-6+. The first-order valence-corrected chi connectivity index (χ1v) is 5.89. The van der Waals surface area contributed by atoms with Gasteiger partial charge in [-0.15, -0.1) is 0 Å². The molecule has 0 saturated carbocycles. The number of hydrogen-bond donors (Lipinski definition) is 1. The van der Waals surface area contributed by atoms with Crippen LogP contribution in [0.2, 0.25) is 0 Å². The van der Waals surface area contributed by atoms with Crippen LogP contribution in [0.15, 0.2) is 11.9 Å². The number of hydrogen-bond acceptors (Lipinski definition) is 2. The van der Waals surface area contributed by atoms with Crippen LogP contribution in [-0.4, -0.2) is 37.6 Å². The van der Waals surface area contributed by atoms with Crippen LogP contribution in [0.1, 0.15) is 33.6 Å². The minimum atomic E-state index is -0.106. The van der Waals surface area contributed by atoms with Crippen molar-refractivity contribution in [2.45, 2.75) is 39.7 Å². The van der Waals surface area contributed by atoms with Crippen molar-refractivity contribution in [2.24, 2.45) is 0 Å². The van der Waals surface area contributed by atoms with Crippen LogP contribution in [0, 0.1) is 0 Å².